The first-order chi connectivity index (χ1) is 9.13. The van der Waals surface area contributed by atoms with Crippen LogP contribution in [-0.2, 0) is 14.3 Å². The SMILES string of the molecule is CCOC(=O)C1CC(=O)N(C(C)c2ccccc2)C1. The van der Waals surface area contributed by atoms with E-state index in [0.717, 1.165) is 5.56 Å². The summed E-state index contributed by atoms with van der Waals surface area (Å²) in [4.78, 5) is 25.5. The molecule has 0 N–H and O–H groups in total. The van der Waals surface area contributed by atoms with Gasteiger partial charge in [-0.3, -0.25) is 9.59 Å². The van der Waals surface area contributed by atoms with Gasteiger partial charge in [-0.2, -0.15) is 0 Å². The number of benzene rings is 1. The van der Waals surface area contributed by atoms with E-state index in [4.69, 9.17) is 4.74 Å². The second-order valence-corrected chi connectivity index (χ2v) is 4.79. The Kier molecular flexibility index (Phi) is 4.20. The summed E-state index contributed by atoms with van der Waals surface area (Å²) < 4.78 is 4.99. The lowest BCUT2D eigenvalue weighted by Crippen LogP contribution is -2.29. The van der Waals surface area contributed by atoms with Gasteiger partial charge in [-0.25, -0.2) is 0 Å². The van der Waals surface area contributed by atoms with Gasteiger partial charge in [0.1, 0.15) is 0 Å². The molecule has 1 amide bonds. The lowest BCUT2D eigenvalue weighted by atomic mass is 10.1. The van der Waals surface area contributed by atoms with Crippen LogP contribution in [0.2, 0.25) is 0 Å². The van der Waals surface area contributed by atoms with E-state index in [-0.39, 0.29) is 30.3 Å². The number of esters is 1. The van der Waals surface area contributed by atoms with Crippen LogP contribution in [0, 0.1) is 5.92 Å². The summed E-state index contributed by atoms with van der Waals surface area (Å²) in [6, 6.07) is 9.84. The minimum atomic E-state index is -0.321. The van der Waals surface area contributed by atoms with Crippen molar-refractivity contribution < 1.29 is 14.3 Å². The highest BCUT2D eigenvalue weighted by molar-refractivity contribution is 5.87. The molecule has 2 unspecified atom stereocenters. The van der Waals surface area contributed by atoms with E-state index in [9.17, 15) is 9.59 Å². The van der Waals surface area contributed by atoms with Crippen molar-refractivity contribution in [2.45, 2.75) is 26.3 Å². The molecule has 0 aliphatic carbocycles. The lowest BCUT2D eigenvalue weighted by molar-refractivity contribution is -0.147. The Morgan fingerprint density at radius 3 is 2.74 bits per heavy atom. The average molecular weight is 261 g/mol. The molecule has 1 aromatic rings. The smallest absolute Gasteiger partial charge is 0.311 e. The highest BCUT2D eigenvalue weighted by Gasteiger charge is 2.37. The van der Waals surface area contributed by atoms with Gasteiger partial charge in [0.15, 0.2) is 0 Å². The predicted octanol–water partition coefficient (Wildman–Crippen LogP) is 2.16. The first-order valence-electron chi connectivity index (χ1n) is 6.64. The quantitative estimate of drug-likeness (QED) is 0.780. The number of hydrogen-bond donors (Lipinski definition) is 0. The van der Waals surface area contributed by atoms with E-state index in [1.165, 1.54) is 0 Å². The number of carbonyl (C=O) groups is 2. The van der Waals surface area contributed by atoms with Crippen molar-refractivity contribution >= 4 is 11.9 Å². The van der Waals surface area contributed by atoms with E-state index < -0.39 is 0 Å². The maximum absolute atomic E-state index is 12.0. The average Bonchev–Trinajstić information content (AvgIpc) is 2.81. The first-order valence-corrected chi connectivity index (χ1v) is 6.64. The van der Waals surface area contributed by atoms with Crippen LogP contribution in [0.5, 0.6) is 0 Å². The number of rotatable bonds is 4. The van der Waals surface area contributed by atoms with Crippen LogP contribution in [-0.4, -0.2) is 29.9 Å². The van der Waals surface area contributed by atoms with Crippen LogP contribution >= 0.6 is 0 Å². The summed E-state index contributed by atoms with van der Waals surface area (Å²) in [5.41, 5.74) is 1.08. The fraction of sp³-hybridized carbons (Fsp3) is 0.467. The minimum Gasteiger partial charge on any atom is -0.466 e. The normalized spacial score (nSPS) is 20.4. The maximum atomic E-state index is 12.0. The molecule has 4 heteroatoms. The third-order valence-electron chi connectivity index (χ3n) is 3.53. The first kappa shape index (κ1) is 13.6. The topological polar surface area (TPSA) is 46.6 Å². The molecular formula is C15H19NO3. The van der Waals surface area contributed by atoms with Crippen molar-refractivity contribution in [3.8, 4) is 0 Å². The van der Waals surface area contributed by atoms with Crippen molar-refractivity contribution in [2.75, 3.05) is 13.2 Å². The Labute approximate surface area is 113 Å². The van der Waals surface area contributed by atoms with Crippen molar-refractivity contribution in [1.82, 2.24) is 4.90 Å². The number of hydrogen-bond acceptors (Lipinski definition) is 3. The Bertz CT molecular complexity index is 458. The number of amides is 1. The second-order valence-electron chi connectivity index (χ2n) is 4.79. The molecule has 0 saturated carbocycles. The van der Waals surface area contributed by atoms with E-state index in [1.807, 2.05) is 37.3 Å². The minimum absolute atomic E-state index is 0.00636. The van der Waals surface area contributed by atoms with E-state index in [1.54, 1.807) is 11.8 Å². The molecule has 1 aliphatic rings. The summed E-state index contributed by atoms with van der Waals surface area (Å²) in [5.74, 6) is -0.563. The van der Waals surface area contributed by atoms with Crippen molar-refractivity contribution in [3.63, 3.8) is 0 Å². The van der Waals surface area contributed by atoms with Crippen LogP contribution in [0.3, 0.4) is 0 Å². The zero-order valence-corrected chi connectivity index (χ0v) is 11.3. The van der Waals surface area contributed by atoms with Crippen LogP contribution in [0.1, 0.15) is 31.9 Å². The fourth-order valence-electron chi connectivity index (χ4n) is 2.44. The van der Waals surface area contributed by atoms with Crippen LogP contribution in [0.4, 0.5) is 0 Å². The molecule has 1 heterocycles. The summed E-state index contributed by atoms with van der Waals surface area (Å²) in [6.07, 6.45) is 0.260. The van der Waals surface area contributed by atoms with Gasteiger partial charge < -0.3 is 9.64 Å². The molecular weight excluding hydrogens is 242 g/mol. The van der Waals surface area contributed by atoms with E-state index >= 15 is 0 Å². The predicted molar refractivity (Wildman–Crippen MR) is 71.3 cm³/mol. The van der Waals surface area contributed by atoms with Crippen molar-refractivity contribution in [2.24, 2.45) is 5.92 Å². The molecule has 1 aromatic carbocycles. The Balaban J connectivity index is 2.06. The monoisotopic (exact) mass is 261 g/mol. The highest BCUT2D eigenvalue weighted by atomic mass is 16.5. The molecule has 0 bridgehead atoms. The maximum Gasteiger partial charge on any atom is 0.311 e. The standard InChI is InChI=1S/C15H19NO3/c1-3-19-15(18)13-9-14(17)16(10-13)11(2)12-7-5-4-6-8-12/h4-8,11,13H,3,9-10H2,1-2H3. The highest BCUT2D eigenvalue weighted by Crippen LogP contribution is 2.28. The molecule has 19 heavy (non-hydrogen) atoms. The second kappa shape index (κ2) is 5.87. The van der Waals surface area contributed by atoms with E-state index in [2.05, 4.69) is 0 Å². The zero-order chi connectivity index (χ0) is 13.8. The largest absolute Gasteiger partial charge is 0.466 e. The molecule has 1 aliphatic heterocycles. The van der Waals surface area contributed by atoms with Gasteiger partial charge >= 0.3 is 5.97 Å². The number of ether oxygens (including phenoxy) is 1. The Hall–Kier alpha value is -1.84. The van der Waals surface area contributed by atoms with Crippen molar-refractivity contribution in [3.05, 3.63) is 35.9 Å². The molecule has 0 aromatic heterocycles. The molecule has 0 radical (unpaired) electrons. The molecule has 2 rings (SSSR count). The molecule has 1 saturated heterocycles. The zero-order valence-electron chi connectivity index (χ0n) is 11.3. The number of likely N-dealkylation sites (tertiary alicyclic amines) is 1. The molecule has 4 nitrogen and oxygen atoms in total. The summed E-state index contributed by atoms with van der Waals surface area (Å²) in [5, 5.41) is 0. The van der Waals surface area contributed by atoms with Crippen LogP contribution in [0.15, 0.2) is 30.3 Å². The van der Waals surface area contributed by atoms with Gasteiger partial charge in [-0.05, 0) is 19.4 Å². The third-order valence-corrected chi connectivity index (χ3v) is 3.53. The van der Waals surface area contributed by atoms with Gasteiger partial charge in [-0.15, -0.1) is 0 Å². The van der Waals surface area contributed by atoms with Crippen molar-refractivity contribution in [1.29, 1.82) is 0 Å². The van der Waals surface area contributed by atoms with Gasteiger partial charge in [0.05, 0.1) is 18.6 Å². The van der Waals surface area contributed by atoms with Gasteiger partial charge in [0.25, 0.3) is 0 Å². The number of nitrogens with zero attached hydrogens (tertiary/aromatic N) is 1. The van der Waals surface area contributed by atoms with Crippen LogP contribution in [0.25, 0.3) is 0 Å². The van der Waals surface area contributed by atoms with Gasteiger partial charge in [0.2, 0.25) is 5.91 Å². The fourth-order valence-corrected chi connectivity index (χ4v) is 2.44. The van der Waals surface area contributed by atoms with E-state index in [0.29, 0.717) is 13.2 Å². The Morgan fingerprint density at radius 2 is 2.11 bits per heavy atom. The van der Waals surface area contributed by atoms with Gasteiger partial charge in [-0.1, -0.05) is 30.3 Å². The summed E-state index contributed by atoms with van der Waals surface area (Å²) >= 11 is 0. The lowest BCUT2D eigenvalue weighted by Gasteiger charge is -2.25. The molecule has 102 valence electrons. The molecule has 1 fully saturated rings. The number of carbonyl (C=O) groups excluding carboxylic acids is 2. The molecule has 2 atom stereocenters. The summed E-state index contributed by atoms with van der Waals surface area (Å²) in [7, 11) is 0. The molecule has 0 spiro atoms. The third kappa shape index (κ3) is 2.95. The Morgan fingerprint density at radius 1 is 1.42 bits per heavy atom. The van der Waals surface area contributed by atoms with Gasteiger partial charge in [0, 0.05) is 13.0 Å². The summed E-state index contributed by atoms with van der Waals surface area (Å²) in [6.45, 7) is 4.57. The van der Waals surface area contributed by atoms with Crippen LogP contribution < -0.4 is 0 Å².